The van der Waals surface area contributed by atoms with Crippen LogP contribution in [0, 0.1) is 0 Å². The second-order valence-electron chi connectivity index (χ2n) is 6.05. The molecule has 10 heteroatoms. The first-order valence-corrected chi connectivity index (χ1v) is 10.5. The molecule has 1 aliphatic rings. The number of amidine groups is 1. The van der Waals surface area contributed by atoms with E-state index in [1.54, 1.807) is 13.2 Å². The molecule has 8 nitrogen and oxygen atoms in total. The molecule has 0 unspecified atom stereocenters. The standard InChI is InChI=1S/C21H18BrN3O5S/c1-28-16-9-14(8-15(22)19(16)30-12-13-6-4-3-5-7-13)11-23-25-21-24-20(27)17(31-21)10-18(26)29-2/h3-11H,12H2,1-2H3,(H,24,25,27)/b17-10+,23-11?. The number of ether oxygens (including phenoxy) is 3. The monoisotopic (exact) mass is 503 g/mol. The van der Waals surface area contributed by atoms with Crippen molar-refractivity contribution in [3.8, 4) is 11.5 Å². The quantitative estimate of drug-likeness (QED) is 0.268. The van der Waals surface area contributed by atoms with Crippen LogP contribution in [0.5, 0.6) is 11.5 Å². The van der Waals surface area contributed by atoms with Gasteiger partial charge in [-0.2, -0.15) is 5.10 Å². The van der Waals surface area contributed by atoms with E-state index < -0.39 is 11.9 Å². The molecule has 160 valence electrons. The van der Waals surface area contributed by atoms with E-state index in [4.69, 9.17) is 9.47 Å². The van der Waals surface area contributed by atoms with Gasteiger partial charge in [-0.3, -0.25) is 10.1 Å². The molecular formula is C21H18BrN3O5S. The summed E-state index contributed by atoms with van der Waals surface area (Å²) >= 11 is 4.50. The molecule has 0 radical (unpaired) electrons. The maximum absolute atomic E-state index is 11.8. The summed E-state index contributed by atoms with van der Waals surface area (Å²) < 4.78 is 16.6. The van der Waals surface area contributed by atoms with Gasteiger partial charge in [0.05, 0.1) is 29.8 Å². The Morgan fingerprint density at radius 1 is 1.23 bits per heavy atom. The molecule has 0 spiro atoms. The number of hydrogen-bond acceptors (Lipinski definition) is 8. The molecule has 0 saturated carbocycles. The van der Waals surface area contributed by atoms with Crippen LogP contribution >= 0.6 is 27.7 Å². The van der Waals surface area contributed by atoms with Crippen LogP contribution in [0.15, 0.2) is 68.1 Å². The number of nitrogens with zero attached hydrogens (tertiary/aromatic N) is 2. The zero-order chi connectivity index (χ0) is 22.2. The molecule has 0 aromatic heterocycles. The van der Waals surface area contributed by atoms with Crippen LogP contribution in [0.2, 0.25) is 0 Å². The van der Waals surface area contributed by atoms with Gasteiger partial charge in [-0.1, -0.05) is 30.3 Å². The summed E-state index contributed by atoms with van der Waals surface area (Å²) in [6.45, 7) is 0.398. The normalized spacial score (nSPS) is 16.0. The summed E-state index contributed by atoms with van der Waals surface area (Å²) in [5.41, 5.74) is 1.74. The van der Waals surface area contributed by atoms with Crippen LogP contribution < -0.4 is 14.8 Å². The van der Waals surface area contributed by atoms with Crippen molar-refractivity contribution >= 4 is 51.0 Å². The highest BCUT2D eigenvalue weighted by Gasteiger charge is 2.25. The van der Waals surface area contributed by atoms with Crippen molar-refractivity contribution in [1.82, 2.24) is 5.32 Å². The number of carbonyl (C=O) groups excluding carboxylic acids is 2. The molecule has 0 aliphatic carbocycles. The van der Waals surface area contributed by atoms with E-state index in [1.165, 1.54) is 13.3 Å². The summed E-state index contributed by atoms with van der Waals surface area (Å²) in [6, 6.07) is 13.4. The first kappa shape index (κ1) is 22.6. The number of nitrogens with one attached hydrogen (secondary N) is 1. The number of halogens is 1. The van der Waals surface area contributed by atoms with Gasteiger partial charge in [0.2, 0.25) is 0 Å². The first-order valence-electron chi connectivity index (χ1n) is 8.94. The highest BCUT2D eigenvalue weighted by atomic mass is 79.9. The van der Waals surface area contributed by atoms with Crippen molar-refractivity contribution in [2.75, 3.05) is 14.2 Å². The summed E-state index contributed by atoms with van der Waals surface area (Å²) in [7, 11) is 2.79. The Hall–Kier alpha value is -3.11. The van der Waals surface area contributed by atoms with Crippen molar-refractivity contribution in [3.05, 3.63) is 69.0 Å². The molecular weight excluding hydrogens is 486 g/mol. The van der Waals surface area contributed by atoms with E-state index in [0.717, 1.165) is 23.4 Å². The van der Waals surface area contributed by atoms with E-state index in [1.807, 2.05) is 36.4 Å². The van der Waals surface area contributed by atoms with E-state index in [2.05, 4.69) is 36.2 Å². The molecule has 1 saturated heterocycles. The Morgan fingerprint density at radius 3 is 2.71 bits per heavy atom. The lowest BCUT2D eigenvalue weighted by atomic mass is 10.2. The highest BCUT2D eigenvalue weighted by molar-refractivity contribution is 9.10. The van der Waals surface area contributed by atoms with Gasteiger partial charge in [0.15, 0.2) is 16.7 Å². The summed E-state index contributed by atoms with van der Waals surface area (Å²) in [4.78, 5) is 23.3. The number of benzene rings is 2. The molecule has 1 aliphatic heterocycles. The van der Waals surface area contributed by atoms with E-state index in [-0.39, 0.29) is 10.1 Å². The Kier molecular flexibility index (Phi) is 7.85. The summed E-state index contributed by atoms with van der Waals surface area (Å²) in [6.07, 6.45) is 2.61. The van der Waals surface area contributed by atoms with Crippen molar-refractivity contribution < 1.29 is 23.8 Å². The fraction of sp³-hybridized carbons (Fsp3) is 0.143. The largest absolute Gasteiger partial charge is 0.493 e. The van der Waals surface area contributed by atoms with Gasteiger partial charge in [-0.05, 0) is 51.0 Å². The molecule has 2 aromatic rings. The molecule has 1 amide bonds. The van der Waals surface area contributed by atoms with Crippen molar-refractivity contribution in [2.45, 2.75) is 6.61 Å². The van der Waals surface area contributed by atoms with E-state index in [0.29, 0.717) is 28.1 Å². The second-order valence-corrected chi connectivity index (χ2v) is 7.93. The van der Waals surface area contributed by atoms with E-state index >= 15 is 0 Å². The summed E-state index contributed by atoms with van der Waals surface area (Å²) in [5, 5.41) is 10.8. The Bertz CT molecular complexity index is 1070. The lowest BCUT2D eigenvalue weighted by Crippen LogP contribution is -2.19. The maximum atomic E-state index is 11.8. The SMILES string of the molecule is COC(=O)/C=C1/S/C(=N\N=Cc2cc(Br)c(OCc3ccccc3)c(OC)c2)NC1=O. The van der Waals surface area contributed by atoms with Gasteiger partial charge in [-0.25, -0.2) is 4.79 Å². The fourth-order valence-electron chi connectivity index (χ4n) is 2.47. The predicted octanol–water partition coefficient (Wildman–Crippen LogP) is 3.65. The minimum absolute atomic E-state index is 0.185. The number of carbonyl (C=O) groups is 2. The smallest absolute Gasteiger partial charge is 0.331 e. The molecule has 1 heterocycles. The molecule has 1 N–H and O–H groups in total. The number of thioether (sulfide) groups is 1. The predicted molar refractivity (Wildman–Crippen MR) is 122 cm³/mol. The van der Waals surface area contributed by atoms with Crippen molar-refractivity contribution in [3.63, 3.8) is 0 Å². The third-order valence-corrected chi connectivity index (χ3v) is 5.42. The second kappa shape index (κ2) is 10.8. The number of esters is 1. The van der Waals surface area contributed by atoms with Gasteiger partial charge in [0, 0.05) is 6.08 Å². The van der Waals surface area contributed by atoms with Gasteiger partial charge in [0.25, 0.3) is 5.91 Å². The number of methoxy groups -OCH3 is 2. The van der Waals surface area contributed by atoms with Crippen LogP contribution in [0.3, 0.4) is 0 Å². The Labute approximate surface area is 191 Å². The Balaban J connectivity index is 1.70. The van der Waals surface area contributed by atoms with Gasteiger partial charge >= 0.3 is 5.97 Å². The summed E-state index contributed by atoms with van der Waals surface area (Å²) in [5.74, 6) is 0.0554. The molecule has 0 atom stereocenters. The fourth-order valence-corrected chi connectivity index (χ4v) is 3.79. The van der Waals surface area contributed by atoms with Gasteiger partial charge < -0.3 is 14.2 Å². The number of hydrogen-bond donors (Lipinski definition) is 1. The number of amides is 1. The minimum Gasteiger partial charge on any atom is -0.493 e. The van der Waals surface area contributed by atoms with Gasteiger partial charge in [-0.15, -0.1) is 5.10 Å². The zero-order valence-corrected chi connectivity index (χ0v) is 19.0. The zero-order valence-electron chi connectivity index (χ0n) is 16.6. The minimum atomic E-state index is -0.617. The van der Waals surface area contributed by atoms with Crippen LogP contribution in [-0.2, 0) is 20.9 Å². The Morgan fingerprint density at radius 2 is 2.00 bits per heavy atom. The lowest BCUT2D eigenvalue weighted by Gasteiger charge is -2.13. The van der Waals surface area contributed by atoms with Crippen LogP contribution in [0.1, 0.15) is 11.1 Å². The first-order chi connectivity index (χ1) is 15.0. The van der Waals surface area contributed by atoms with Crippen molar-refractivity contribution in [2.24, 2.45) is 10.2 Å². The average Bonchev–Trinajstić information content (AvgIpc) is 3.12. The molecule has 31 heavy (non-hydrogen) atoms. The number of rotatable bonds is 7. The maximum Gasteiger partial charge on any atom is 0.331 e. The van der Waals surface area contributed by atoms with Crippen LogP contribution in [-0.4, -0.2) is 37.5 Å². The highest BCUT2D eigenvalue weighted by Crippen LogP contribution is 2.37. The third kappa shape index (κ3) is 6.19. The lowest BCUT2D eigenvalue weighted by molar-refractivity contribution is -0.135. The third-order valence-electron chi connectivity index (χ3n) is 3.93. The molecule has 0 bridgehead atoms. The van der Waals surface area contributed by atoms with E-state index in [9.17, 15) is 9.59 Å². The van der Waals surface area contributed by atoms with Crippen LogP contribution in [0.4, 0.5) is 0 Å². The molecule has 2 aromatic carbocycles. The van der Waals surface area contributed by atoms with Crippen LogP contribution in [0.25, 0.3) is 0 Å². The van der Waals surface area contributed by atoms with Gasteiger partial charge in [0.1, 0.15) is 6.61 Å². The molecule has 3 rings (SSSR count). The molecule has 1 fully saturated rings. The van der Waals surface area contributed by atoms with Crippen molar-refractivity contribution in [1.29, 1.82) is 0 Å². The topological polar surface area (TPSA) is 98.6 Å². The average molecular weight is 504 g/mol.